The number of benzene rings is 1. The van der Waals surface area contributed by atoms with Crippen LogP contribution in [0.5, 0.6) is 0 Å². The quantitative estimate of drug-likeness (QED) is 0.864. The number of hydrogen-bond donors (Lipinski definition) is 1. The van der Waals surface area contributed by atoms with Gasteiger partial charge >= 0.3 is 0 Å². The SMILES string of the molecule is CCc1ccc(CNS(=O)(=O)c2ccc(Br)c(C)c2)s1. The second-order valence-electron chi connectivity index (χ2n) is 4.46. The van der Waals surface area contributed by atoms with Crippen molar-refractivity contribution in [1.29, 1.82) is 0 Å². The number of thiophene rings is 1. The molecule has 0 amide bonds. The summed E-state index contributed by atoms with van der Waals surface area (Å²) in [6.45, 7) is 4.29. The van der Waals surface area contributed by atoms with Crippen molar-refractivity contribution in [3.63, 3.8) is 0 Å². The monoisotopic (exact) mass is 373 g/mol. The number of sulfonamides is 1. The minimum Gasteiger partial charge on any atom is -0.207 e. The lowest BCUT2D eigenvalue weighted by Gasteiger charge is -2.07. The van der Waals surface area contributed by atoms with Gasteiger partial charge in [0.05, 0.1) is 4.90 Å². The van der Waals surface area contributed by atoms with Crippen LogP contribution in [0.15, 0.2) is 39.7 Å². The fraction of sp³-hybridized carbons (Fsp3) is 0.286. The van der Waals surface area contributed by atoms with Crippen LogP contribution in [0, 0.1) is 6.92 Å². The van der Waals surface area contributed by atoms with Gasteiger partial charge in [-0.15, -0.1) is 11.3 Å². The van der Waals surface area contributed by atoms with Gasteiger partial charge in [-0.25, -0.2) is 13.1 Å². The Kier molecular flexibility index (Phi) is 5.01. The van der Waals surface area contributed by atoms with E-state index in [9.17, 15) is 8.42 Å². The lowest BCUT2D eigenvalue weighted by Crippen LogP contribution is -2.22. The highest BCUT2D eigenvalue weighted by atomic mass is 79.9. The first-order valence-electron chi connectivity index (χ1n) is 6.26. The van der Waals surface area contributed by atoms with E-state index in [4.69, 9.17) is 0 Å². The standard InChI is InChI=1S/C14H16BrNO2S2/c1-3-11-4-5-12(19-11)9-16-20(17,18)13-6-7-14(15)10(2)8-13/h4-8,16H,3,9H2,1-2H3. The summed E-state index contributed by atoms with van der Waals surface area (Å²) in [7, 11) is -3.46. The maximum absolute atomic E-state index is 12.2. The summed E-state index contributed by atoms with van der Waals surface area (Å²) >= 11 is 5.01. The Bertz CT molecular complexity index is 708. The summed E-state index contributed by atoms with van der Waals surface area (Å²) in [5, 5.41) is 0. The van der Waals surface area contributed by atoms with Gasteiger partial charge in [0.25, 0.3) is 0 Å². The molecule has 2 aromatic rings. The maximum Gasteiger partial charge on any atom is 0.240 e. The molecule has 0 unspecified atom stereocenters. The number of hydrogen-bond acceptors (Lipinski definition) is 3. The van der Waals surface area contributed by atoms with Gasteiger partial charge in [0, 0.05) is 20.8 Å². The highest BCUT2D eigenvalue weighted by molar-refractivity contribution is 9.10. The molecule has 1 N–H and O–H groups in total. The average Bonchev–Trinajstić information content (AvgIpc) is 2.87. The van der Waals surface area contributed by atoms with E-state index < -0.39 is 10.0 Å². The lowest BCUT2D eigenvalue weighted by molar-refractivity contribution is 0.581. The van der Waals surface area contributed by atoms with Crippen molar-refractivity contribution in [3.05, 3.63) is 50.1 Å². The van der Waals surface area contributed by atoms with Crippen LogP contribution in [-0.2, 0) is 23.0 Å². The zero-order chi connectivity index (χ0) is 14.8. The molecular formula is C14H16BrNO2S2. The number of rotatable bonds is 5. The summed E-state index contributed by atoms with van der Waals surface area (Å²) in [4.78, 5) is 2.59. The summed E-state index contributed by atoms with van der Waals surface area (Å²) in [5.41, 5.74) is 0.900. The van der Waals surface area contributed by atoms with Crippen LogP contribution in [0.4, 0.5) is 0 Å². The van der Waals surface area contributed by atoms with Gasteiger partial charge in [-0.1, -0.05) is 22.9 Å². The predicted molar refractivity (Wildman–Crippen MR) is 86.6 cm³/mol. The van der Waals surface area contributed by atoms with E-state index in [1.54, 1.807) is 29.5 Å². The Morgan fingerprint density at radius 3 is 2.50 bits per heavy atom. The minimum absolute atomic E-state index is 0.297. The van der Waals surface area contributed by atoms with E-state index in [2.05, 4.69) is 27.6 Å². The third-order valence-electron chi connectivity index (χ3n) is 2.94. The van der Waals surface area contributed by atoms with Gasteiger partial charge in [-0.2, -0.15) is 0 Å². The fourth-order valence-corrected chi connectivity index (χ4v) is 4.07. The summed E-state index contributed by atoms with van der Waals surface area (Å²) < 4.78 is 28.0. The highest BCUT2D eigenvalue weighted by Crippen LogP contribution is 2.21. The number of aryl methyl sites for hydroxylation is 2. The molecule has 1 aromatic heterocycles. The van der Waals surface area contributed by atoms with Crippen molar-refractivity contribution in [2.75, 3.05) is 0 Å². The third-order valence-corrected chi connectivity index (χ3v) is 6.46. The van der Waals surface area contributed by atoms with Crippen molar-refractivity contribution in [2.45, 2.75) is 31.7 Å². The van der Waals surface area contributed by atoms with Gasteiger partial charge in [0.15, 0.2) is 0 Å². The van der Waals surface area contributed by atoms with E-state index in [1.807, 2.05) is 19.1 Å². The molecule has 0 spiro atoms. The molecule has 3 nitrogen and oxygen atoms in total. The van der Waals surface area contributed by atoms with Gasteiger partial charge in [-0.05, 0) is 49.2 Å². The van der Waals surface area contributed by atoms with E-state index in [0.717, 1.165) is 21.3 Å². The van der Waals surface area contributed by atoms with Crippen LogP contribution in [0.25, 0.3) is 0 Å². The van der Waals surface area contributed by atoms with Gasteiger partial charge in [-0.3, -0.25) is 0 Å². The minimum atomic E-state index is -3.46. The smallest absolute Gasteiger partial charge is 0.207 e. The molecule has 0 atom stereocenters. The molecule has 0 fully saturated rings. The van der Waals surface area contributed by atoms with Crippen LogP contribution >= 0.6 is 27.3 Å². The Morgan fingerprint density at radius 1 is 1.20 bits per heavy atom. The first kappa shape index (κ1) is 15.7. The molecule has 1 aromatic carbocycles. The van der Waals surface area contributed by atoms with Gasteiger partial charge in [0.1, 0.15) is 0 Å². The van der Waals surface area contributed by atoms with Crippen molar-refractivity contribution in [1.82, 2.24) is 4.72 Å². The van der Waals surface area contributed by atoms with E-state index in [0.29, 0.717) is 11.4 Å². The molecule has 2 rings (SSSR count). The molecule has 0 saturated carbocycles. The third kappa shape index (κ3) is 3.69. The van der Waals surface area contributed by atoms with Crippen LogP contribution in [0.3, 0.4) is 0 Å². The predicted octanol–water partition coefficient (Wildman–Crippen LogP) is 3.86. The van der Waals surface area contributed by atoms with Crippen molar-refractivity contribution < 1.29 is 8.42 Å². The van der Waals surface area contributed by atoms with Crippen LogP contribution < -0.4 is 4.72 Å². The molecule has 20 heavy (non-hydrogen) atoms. The molecular weight excluding hydrogens is 358 g/mol. The summed E-state index contributed by atoms with van der Waals surface area (Å²) in [5.74, 6) is 0. The Labute approximate surface area is 132 Å². The molecule has 0 saturated heterocycles. The first-order chi connectivity index (χ1) is 9.42. The Morgan fingerprint density at radius 2 is 1.90 bits per heavy atom. The van der Waals surface area contributed by atoms with Gasteiger partial charge in [0.2, 0.25) is 10.0 Å². The van der Waals surface area contributed by atoms with Crippen molar-refractivity contribution in [3.8, 4) is 0 Å². The lowest BCUT2D eigenvalue weighted by atomic mass is 10.2. The molecule has 1 heterocycles. The summed E-state index contributed by atoms with van der Waals surface area (Å²) in [6.07, 6.45) is 0.976. The maximum atomic E-state index is 12.2. The van der Waals surface area contributed by atoms with E-state index in [1.165, 1.54) is 4.88 Å². The topological polar surface area (TPSA) is 46.2 Å². The zero-order valence-electron chi connectivity index (χ0n) is 11.3. The molecule has 6 heteroatoms. The van der Waals surface area contributed by atoms with Crippen LogP contribution in [-0.4, -0.2) is 8.42 Å². The second kappa shape index (κ2) is 6.39. The number of halogens is 1. The largest absolute Gasteiger partial charge is 0.240 e. The molecule has 0 aliphatic rings. The van der Waals surface area contributed by atoms with Crippen molar-refractivity contribution >= 4 is 37.3 Å². The average molecular weight is 374 g/mol. The van der Waals surface area contributed by atoms with Gasteiger partial charge < -0.3 is 0 Å². The Hall–Kier alpha value is -0.690. The Balaban J connectivity index is 2.12. The highest BCUT2D eigenvalue weighted by Gasteiger charge is 2.15. The fourth-order valence-electron chi connectivity index (χ4n) is 1.74. The normalized spacial score (nSPS) is 11.8. The van der Waals surface area contributed by atoms with Crippen molar-refractivity contribution in [2.24, 2.45) is 0 Å². The molecule has 0 bridgehead atoms. The molecule has 0 aliphatic heterocycles. The summed E-state index contributed by atoms with van der Waals surface area (Å²) in [6, 6.07) is 9.03. The van der Waals surface area contributed by atoms with E-state index in [-0.39, 0.29) is 0 Å². The first-order valence-corrected chi connectivity index (χ1v) is 9.35. The number of nitrogens with one attached hydrogen (secondary N) is 1. The molecule has 0 aliphatic carbocycles. The second-order valence-corrected chi connectivity index (χ2v) is 8.33. The van der Waals surface area contributed by atoms with Crippen LogP contribution in [0.2, 0.25) is 0 Å². The van der Waals surface area contributed by atoms with E-state index >= 15 is 0 Å². The molecule has 0 radical (unpaired) electrons. The molecule has 108 valence electrons. The van der Waals surface area contributed by atoms with Crippen LogP contribution in [0.1, 0.15) is 22.2 Å². The zero-order valence-corrected chi connectivity index (χ0v) is 14.5.